The molecule has 0 aromatic heterocycles. The van der Waals surface area contributed by atoms with Crippen LogP contribution in [-0.2, 0) is 23.7 Å². The summed E-state index contributed by atoms with van der Waals surface area (Å²) in [4.78, 5) is 13.3. The van der Waals surface area contributed by atoms with Gasteiger partial charge in [0.1, 0.15) is 48.8 Å². The lowest BCUT2D eigenvalue weighted by atomic mass is 9.97. The summed E-state index contributed by atoms with van der Waals surface area (Å²) in [5.74, 6) is -0.209. The number of allylic oxidation sites excluding steroid dienone is 12. The third kappa shape index (κ3) is 38.7. The van der Waals surface area contributed by atoms with Gasteiger partial charge in [-0.3, -0.25) is 4.79 Å². The van der Waals surface area contributed by atoms with Gasteiger partial charge in [-0.15, -0.1) is 0 Å². The monoisotopic (exact) mass is 1190 g/mol. The highest BCUT2D eigenvalue weighted by molar-refractivity contribution is 5.76. The van der Waals surface area contributed by atoms with E-state index in [1.165, 1.54) is 148 Å². The first-order valence-corrected chi connectivity index (χ1v) is 34.2. The number of hydrogen-bond acceptors (Lipinski definition) is 13. The lowest BCUT2D eigenvalue weighted by Gasteiger charge is -2.46. The minimum Gasteiger partial charge on any atom is -0.394 e. The number of ether oxygens (including phenoxy) is 4. The number of carbonyl (C=O) groups is 1. The molecule has 12 unspecified atom stereocenters. The van der Waals surface area contributed by atoms with Gasteiger partial charge >= 0.3 is 0 Å². The van der Waals surface area contributed by atoms with Gasteiger partial charge in [-0.05, 0) is 64.2 Å². The fraction of sp³-hybridized carbons (Fsp3) is 0.814. The highest BCUT2D eigenvalue weighted by atomic mass is 16.7. The van der Waals surface area contributed by atoms with Crippen LogP contribution in [0.15, 0.2) is 72.9 Å². The largest absolute Gasteiger partial charge is 0.394 e. The number of hydrogen-bond donors (Lipinski definition) is 9. The predicted octanol–water partition coefficient (Wildman–Crippen LogP) is 13.5. The van der Waals surface area contributed by atoms with Crippen LogP contribution in [0.5, 0.6) is 0 Å². The summed E-state index contributed by atoms with van der Waals surface area (Å²) >= 11 is 0. The van der Waals surface area contributed by atoms with Crippen molar-refractivity contribution in [3.63, 3.8) is 0 Å². The van der Waals surface area contributed by atoms with Crippen LogP contribution < -0.4 is 5.32 Å². The van der Waals surface area contributed by atoms with E-state index in [2.05, 4.69) is 92.1 Å². The maximum atomic E-state index is 13.3. The van der Waals surface area contributed by atoms with Gasteiger partial charge in [-0.2, -0.15) is 0 Å². The van der Waals surface area contributed by atoms with Crippen molar-refractivity contribution in [2.45, 2.75) is 344 Å². The Hall–Kier alpha value is -2.57. The third-order valence-corrected chi connectivity index (χ3v) is 16.4. The molecule has 12 atom stereocenters. The van der Waals surface area contributed by atoms with E-state index in [1.54, 1.807) is 0 Å². The quantitative estimate of drug-likeness (QED) is 0.0204. The first-order valence-electron chi connectivity index (χ1n) is 34.2. The molecule has 84 heavy (non-hydrogen) atoms. The highest BCUT2D eigenvalue weighted by Crippen LogP contribution is 2.30. The molecule has 2 fully saturated rings. The lowest BCUT2D eigenvalue weighted by molar-refractivity contribution is -0.359. The Balaban J connectivity index is 1.67. The number of amides is 1. The number of carbonyl (C=O) groups excluding carboxylic acids is 1. The molecule has 488 valence electrons. The van der Waals surface area contributed by atoms with Crippen LogP contribution in [0.2, 0.25) is 0 Å². The zero-order valence-electron chi connectivity index (χ0n) is 52.9. The van der Waals surface area contributed by atoms with Crippen LogP contribution >= 0.6 is 0 Å². The summed E-state index contributed by atoms with van der Waals surface area (Å²) in [6.07, 6.45) is 56.1. The van der Waals surface area contributed by atoms with Crippen molar-refractivity contribution >= 4 is 5.91 Å². The maximum Gasteiger partial charge on any atom is 0.220 e. The summed E-state index contributed by atoms with van der Waals surface area (Å²) in [5, 5.41) is 87.5. The number of nitrogens with one attached hydrogen (secondary N) is 1. The molecular weight excluding hydrogens is 1060 g/mol. The smallest absolute Gasteiger partial charge is 0.220 e. The number of rotatable bonds is 55. The zero-order valence-corrected chi connectivity index (χ0v) is 52.9. The molecule has 0 spiro atoms. The van der Waals surface area contributed by atoms with Crippen LogP contribution in [0.3, 0.4) is 0 Å². The topological polar surface area (TPSA) is 228 Å². The number of unbranched alkanes of at least 4 members (excludes halogenated alkanes) is 30. The van der Waals surface area contributed by atoms with E-state index in [9.17, 15) is 45.6 Å². The van der Waals surface area contributed by atoms with Crippen LogP contribution in [0.25, 0.3) is 0 Å². The average molecular weight is 1190 g/mol. The minimum atomic E-state index is -1.79. The standard InChI is InChI=1S/C70H125NO13/c1-3-5-7-9-11-13-15-17-19-21-23-24-25-26-27-28-29-30-31-32-33-34-36-38-40-42-44-46-48-50-52-54-62(75)71-58(59(74)53-51-49-47-45-43-41-39-37-35-22-20-18-16-14-12-10-8-6-4-2)57-81-69-67(80)65(78)68(61(56-73)83-69)84-70-66(79)64(77)63(76)60(55-72)82-70/h5,7,11,13,17,19,23-24,26-27,29-30,58-61,63-70,72-74,76-80H,3-4,6,8-10,12,14-16,18,20-22,25,28,31-57H2,1-2H3,(H,71,75)/b7-5-,13-11-,19-17-,24-23-,27-26-,30-29-. The summed E-state index contributed by atoms with van der Waals surface area (Å²) in [7, 11) is 0. The minimum absolute atomic E-state index is 0.209. The molecule has 14 nitrogen and oxygen atoms in total. The van der Waals surface area contributed by atoms with Gasteiger partial charge in [0.15, 0.2) is 12.6 Å². The van der Waals surface area contributed by atoms with Crippen molar-refractivity contribution < 1.29 is 64.6 Å². The Bertz CT molecular complexity index is 1690. The van der Waals surface area contributed by atoms with Gasteiger partial charge in [-0.25, -0.2) is 0 Å². The van der Waals surface area contributed by atoms with Gasteiger partial charge < -0.3 is 65.1 Å². The molecule has 1 amide bonds. The number of aliphatic hydroxyl groups is 8. The van der Waals surface area contributed by atoms with Crippen LogP contribution in [0, 0.1) is 0 Å². The average Bonchev–Trinajstić information content (AvgIpc) is 3.18. The van der Waals surface area contributed by atoms with E-state index < -0.39 is 86.8 Å². The van der Waals surface area contributed by atoms with Gasteiger partial charge in [0.25, 0.3) is 0 Å². The van der Waals surface area contributed by atoms with E-state index in [1.807, 2.05) is 0 Å². The predicted molar refractivity (Wildman–Crippen MR) is 341 cm³/mol. The Morgan fingerprint density at radius 3 is 1.26 bits per heavy atom. The highest BCUT2D eigenvalue weighted by Gasteiger charge is 2.51. The normalized spacial score (nSPS) is 24.1. The van der Waals surface area contributed by atoms with Crippen LogP contribution in [-0.4, -0.2) is 140 Å². The Morgan fingerprint density at radius 2 is 0.821 bits per heavy atom. The molecule has 0 aromatic rings. The molecule has 0 bridgehead atoms. The van der Waals surface area contributed by atoms with Crippen LogP contribution in [0.4, 0.5) is 0 Å². The Morgan fingerprint density at radius 1 is 0.440 bits per heavy atom. The van der Waals surface area contributed by atoms with E-state index in [4.69, 9.17) is 18.9 Å². The van der Waals surface area contributed by atoms with Crippen LogP contribution in [0.1, 0.15) is 271 Å². The Labute approximate surface area is 510 Å². The Kier molecular flexibility index (Phi) is 50.4. The summed E-state index contributed by atoms with van der Waals surface area (Å²) in [6, 6.07) is -0.834. The van der Waals surface area contributed by atoms with Crippen molar-refractivity contribution in [3.8, 4) is 0 Å². The summed E-state index contributed by atoms with van der Waals surface area (Å²) in [6.45, 7) is 2.77. The molecule has 2 aliphatic rings. The van der Waals surface area contributed by atoms with Gasteiger partial charge in [0.2, 0.25) is 5.91 Å². The molecule has 2 saturated heterocycles. The first kappa shape index (κ1) is 77.5. The van der Waals surface area contributed by atoms with Crippen molar-refractivity contribution in [1.29, 1.82) is 0 Å². The molecule has 9 N–H and O–H groups in total. The molecule has 2 heterocycles. The molecule has 2 rings (SSSR count). The van der Waals surface area contributed by atoms with Crippen molar-refractivity contribution in [2.75, 3.05) is 19.8 Å². The van der Waals surface area contributed by atoms with Gasteiger partial charge in [0, 0.05) is 6.42 Å². The summed E-state index contributed by atoms with van der Waals surface area (Å²) in [5.41, 5.74) is 0. The molecule has 0 radical (unpaired) electrons. The molecule has 0 aliphatic carbocycles. The second-order valence-electron chi connectivity index (χ2n) is 23.9. The molecule has 2 aliphatic heterocycles. The van der Waals surface area contributed by atoms with E-state index in [-0.39, 0.29) is 12.5 Å². The van der Waals surface area contributed by atoms with Crippen molar-refractivity contribution in [3.05, 3.63) is 72.9 Å². The van der Waals surface area contributed by atoms with Gasteiger partial charge in [-0.1, -0.05) is 273 Å². The third-order valence-electron chi connectivity index (χ3n) is 16.4. The first-order chi connectivity index (χ1) is 41.1. The molecule has 0 aromatic carbocycles. The summed E-state index contributed by atoms with van der Waals surface area (Å²) < 4.78 is 22.9. The molecule has 14 heteroatoms. The van der Waals surface area contributed by atoms with E-state index >= 15 is 0 Å². The van der Waals surface area contributed by atoms with E-state index in [0.717, 1.165) is 96.3 Å². The molecule has 0 saturated carbocycles. The fourth-order valence-corrected chi connectivity index (χ4v) is 11.0. The van der Waals surface area contributed by atoms with E-state index in [0.29, 0.717) is 12.8 Å². The second kappa shape index (κ2) is 54.6. The van der Waals surface area contributed by atoms with Crippen molar-refractivity contribution in [2.24, 2.45) is 0 Å². The lowest BCUT2D eigenvalue weighted by Crippen LogP contribution is -2.65. The maximum absolute atomic E-state index is 13.3. The SMILES string of the molecule is CC/C=C\C/C=C\C/C=C\C/C=C\C/C=C\C/C=C\CCCCCCCCCCCCCCC(=O)NC(COC1OC(CO)C(OC2OC(CO)C(O)C(O)C2O)C(O)C1O)C(O)CCCCCCCCCCCCCCCCCCCCC. The second-order valence-corrected chi connectivity index (χ2v) is 23.9. The fourth-order valence-electron chi connectivity index (χ4n) is 11.0. The molecular formula is C70H125NO13. The number of aliphatic hydroxyl groups excluding tert-OH is 8. The van der Waals surface area contributed by atoms with Gasteiger partial charge in [0.05, 0.1) is 32.0 Å². The van der Waals surface area contributed by atoms with Crippen molar-refractivity contribution in [1.82, 2.24) is 5.32 Å². The zero-order chi connectivity index (χ0) is 60.9.